The Balaban J connectivity index is 0.000000206. The number of rotatable bonds is 17. The van der Waals surface area contributed by atoms with E-state index in [1.165, 1.54) is 60.7 Å². The van der Waals surface area contributed by atoms with Crippen molar-refractivity contribution in [2.45, 2.75) is 62.1 Å². The maximum Gasteiger partial charge on any atom is 0.349 e. The summed E-state index contributed by atoms with van der Waals surface area (Å²) in [4.78, 5) is 74.2. The van der Waals surface area contributed by atoms with E-state index in [2.05, 4.69) is 17.2 Å². The Morgan fingerprint density at radius 3 is 1.43 bits per heavy atom. The predicted octanol–water partition coefficient (Wildman–Crippen LogP) is 8.67. The number of nitrogens with two attached hydrogens (primary N) is 1. The van der Waals surface area contributed by atoms with E-state index in [0.29, 0.717) is 33.5 Å². The fourth-order valence-corrected chi connectivity index (χ4v) is 9.51. The fourth-order valence-electron chi connectivity index (χ4n) is 9.04. The van der Waals surface area contributed by atoms with Gasteiger partial charge in [-0.25, -0.2) is 28.0 Å². The zero-order valence-electron chi connectivity index (χ0n) is 43.3. The molecular formula is C60H58F2N2O14S2. The number of carboxylic acid groups (broad SMARTS) is 2. The summed E-state index contributed by atoms with van der Waals surface area (Å²) < 4.78 is 49.1. The van der Waals surface area contributed by atoms with Crippen LogP contribution in [0.3, 0.4) is 0 Å². The number of carbonyl (C=O) groups excluding carboxylic acids is 4. The normalized spacial score (nSPS) is 20.4. The SMILES string of the molecule is C[C@H]1OC[C@@](CC(=S)CC(=O)c2ccccc2)(c2ccccc2F)[C@@H]1CO.C[C@H]1OC[C@@](N)(c2ccccc2F)[C@@H]1CO.O=C(N=C=S)c1ccccc1.O=C(O[C@H](C(=O)O)[C@H](OC(=O)c1ccccc1)C(=O)O)c1ccccc1. The topological polar surface area (TPSA) is 259 Å². The molecule has 2 fully saturated rings. The number of ether oxygens (including phenoxy) is 4. The van der Waals surface area contributed by atoms with Crippen molar-refractivity contribution in [3.63, 3.8) is 0 Å². The Kier molecular flexibility index (Phi) is 24.0. The molecule has 2 aliphatic heterocycles. The molecule has 2 aliphatic rings. The number of thiocarbonyl (C=S) groups is 2. The molecule has 6 N–H and O–H groups in total. The van der Waals surface area contributed by atoms with Gasteiger partial charge in [0.25, 0.3) is 5.91 Å². The number of carboxylic acids is 2. The number of halogens is 2. The fraction of sp³-hybridized carbons (Fsp3) is 0.267. The second-order valence-corrected chi connectivity index (χ2v) is 19.1. The van der Waals surface area contributed by atoms with E-state index in [9.17, 15) is 58.0 Å². The van der Waals surface area contributed by atoms with E-state index in [0.717, 1.165) is 0 Å². The smallest absolute Gasteiger partial charge is 0.349 e. The lowest BCUT2D eigenvalue weighted by Crippen LogP contribution is -2.47. The molecule has 80 heavy (non-hydrogen) atoms. The summed E-state index contributed by atoms with van der Waals surface area (Å²) in [7, 11) is 0. The number of amides is 1. The number of nitrogens with zero attached hydrogens (tertiary/aromatic N) is 1. The lowest BCUT2D eigenvalue weighted by atomic mass is 9.67. The second-order valence-electron chi connectivity index (χ2n) is 18.4. The van der Waals surface area contributed by atoms with Crippen molar-refractivity contribution < 1.29 is 76.9 Å². The van der Waals surface area contributed by atoms with Crippen LogP contribution in [0.4, 0.5) is 8.78 Å². The average molecular weight is 1130 g/mol. The van der Waals surface area contributed by atoms with E-state index in [-0.39, 0.29) is 91.3 Å². The number of carbonyl (C=O) groups is 6. The molecule has 0 aliphatic carbocycles. The minimum absolute atomic E-state index is 0.0253. The Morgan fingerprint density at radius 1 is 0.613 bits per heavy atom. The third-order valence-corrected chi connectivity index (χ3v) is 13.6. The Morgan fingerprint density at radius 2 is 1.00 bits per heavy atom. The summed E-state index contributed by atoms with van der Waals surface area (Å²) in [5.74, 6) is -7.29. The molecule has 0 radical (unpaired) electrons. The number of esters is 2. The van der Waals surface area contributed by atoms with Gasteiger partial charge in [0.05, 0.1) is 53.9 Å². The van der Waals surface area contributed by atoms with Crippen LogP contribution >= 0.6 is 24.4 Å². The molecular weight excluding hydrogens is 1070 g/mol. The second kappa shape index (κ2) is 30.5. The van der Waals surface area contributed by atoms with E-state index in [1.807, 2.05) is 43.3 Å². The quantitative estimate of drug-likeness (QED) is 0.0248. The van der Waals surface area contributed by atoms with Gasteiger partial charge in [-0.3, -0.25) is 9.59 Å². The highest BCUT2D eigenvalue weighted by Gasteiger charge is 2.51. The minimum atomic E-state index is -2.21. The van der Waals surface area contributed by atoms with Gasteiger partial charge in [-0.05, 0) is 86.6 Å². The van der Waals surface area contributed by atoms with Gasteiger partial charge >= 0.3 is 23.9 Å². The first kappa shape index (κ1) is 62.9. The molecule has 20 heteroatoms. The van der Waals surface area contributed by atoms with Crippen LogP contribution in [0.2, 0.25) is 0 Å². The molecule has 0 saturated carbocycles. The van der Waals surface area contributed by atoms with Crippen LogP contribution in [0.15, 0.2) is 175 Å². The zero-order valence-corrected chi connectivity index (χ0v) is 45.0. The number of Topliss-reactive ketones (excluding diaryl/α,β-unsaturated/α-hetero) is 1. The van der Waals surface area contributed by atoms with Crippen molar-refractivity contribution in [2.24, 2.45) is 22.6 Å². The third kappa shape index (κ3) is 16.6. The van der Waals surface area contributed by atoms with Crippen molar-refractivity contribution in [1.29, 1.82) is 0 Å². The van der Waals surface area contributed by atoms with E-state index >= 15 is 0 Å². The molecule has 6 aromatic rings. The van der Waals surface area contributed by atoms with Crippen LogP contribution in [0.1, 0.15) is 79.2 Å². The number of aliphatic hydroxyl groups excluding tert-OH is 2. The number of aliphatic imine (C=N–C) groups is 1. The number of hydrogen-bond donors (Lipinski definition) is 5. The zero-order chi connectivity index (χ0) is 58.4. The van der Waals surface area contributed by atoms with Crippen molar-refractivity contribution in [1.82, 2.24) is 0 Å². The van der Waals surface area contributed by atoms with Gasteiger partial charge < -0.3 is 45.1 Å². The summed E-state index contributed by atoms with van der Waals surface area (Å²) in [6.07, 6.45) is -4.38. The van der Waals surface area contributed by atoms with Gasteiger partial charge in [0.2, 0.25) is 12.2 Å². The summed E-state index contributed by atoms with van der Waals surface area (Å²) in [5.41, 5.74) is 6.59. The number of benzene rings is 6. The Hall–Kier alpha value is -7.91. The molecule has 8 atom stereocenters. The number of aliphatic hydroxyl groups is 2. The van der Waals surface area contributed by atoms with Crippen LogP contribution < -0.4 is 5.73 Å². The average Bonchev–Trinajstić information content (AvgIpc) is 4.02. The van der Waals surface area contributed by atoms with Gasteiger partial charge in [0.15, 0.2) is 5.78 Å². The van der Waals surface area contributed by atoms with Crippen LogP contribution in [0, 0.1) is 23.5 Å². The first-order valence-electron chi connectivity index (χ1n) is 24.8. The molecule has 418 valence electrons. The summed E-state index contributed by atoms with van der Waals surface area (Å²) in [6.45, 7) is 3.98. The van der Waals surface area contributed by atoms with Crippen LogP contribution in [-0.4, -0.2) is 117 Å². The third-order valence-electron chi connectivity index (χ3n) is 13.3. The first-order valence-corrected chi connectivity index (χ1v) is 25.6. The van der Waals surface area contributed by atoms with Gasteiger partial charge in [0, 0.05) is 51.8 Å². The molecule has 1 amide bonds. The van der Waals surface area contributed by atoms with Gasteiger partial charge in [-0.1, -0.05) is 134 Å². The highest BCUT2D eigenvalue weighted by molar-refractivity contribution is 7.80. The van der Waals surface area contributed by atoms with Crippen molar-refractivity contribution in [2.75, 3.05) is 26.4 Å². The highest BCUT2D eigenvalue weighted by Crippen LogP contribution is 2.46. The van der Waals surface area contributed by atoms with E-state index in [4.69, 9.17) is 36.9 Å². The molecule has 0 unspecified atom stereocenters. The van der Waals surface area contributed by atoms with Crippen LogP contribution in [0.5, 0.6) is 0 Å². The lowest BCUT2D eigenvalue weighted by molar-refractivity contribution is -0.166. The van der Waals surface area contributed by atoms with Crippen LogP contribution in [0.25, 0.3) is 0 Å². The molecule has 0 spiro atoms. The molecule has 16 nitrogen and oxygen atoms in total. The standard InChI is InChI=1S/C22H23FO3S.C18H14O8.C12H16FNO2.C8H5NOS/c1-15-19(13-24)22(14-26-15,18-9-5-6-10-20(18)23)12-17(27)11-21(25)16-7-3-2-4-8-16;19-15(20)13(25-17(23)11-7-3-1-4-8-11)14(16(21)22)26-18(24)12-9-5-2-6-10-12;1-8-10(6-15)12(14,7-16-8)9-4-2-3-5-11(9)13;10-8(9-6-11)7-4-2-1-3-5-7/h2-10,15,19,24H,11-14H2,1H3;1-10,13-14H,(H,19,20)(H,21,22);2-5,8,10,15H,6-7,14H2,1H3;1-5H/t15-,19-,22+;13-,14-;8-,10-,12-;/m101./s1. The van der Waals surface area contributed by atoms with Crippen molar-refractivity contribution in [3.8, 4) is 0 Å². The molecule has 2 saturated heterocycles. The van der Waals surface area contributed by atoms with E-state index < -0.39 is 47.0 Å². The number of aliphatic carboxylic acids is 2. The summed E-state index contributed by atoms with van der Waals surface area (Å²) >= 11 is 9.83. The van der Waals surface area contributed by atoms with Gasteiger partial charge in [-0.2, -0.15) is 4.99 Å². The molecule has 6 aromatic carbocycles. The molecule has 2 heterocycles. The Labute approximate surface area is 470 Å². The lowest BCUT2D eigenvalue weighted by Gasteiger charge is -2.35. The largest absolute Gasteiger partial charge is 0.478 e. The monoisotopic (exact) mass is 1130 g/mol. The maximum atomic E-state index is 14.7. The summed E-state index contributed by atoms with van der Waals surface area (Å²) in [6, 6.07) is 45.5. The minimum Gasteiger partial charge on any atom is -0.478 e. The van der Waals surface area contributed by atoms with Crippen molar-refractivity contribution in [3.05, 3.63) is 215 Å². The first-order chi connectivity index (χ1) is 38.3. The summed E-state index contributed by atoms with van der Waals surface area (Å²) in [5, 5.41) is 39.8. The van der Waals surface area contributed by atoms with Gasteiger partial charge in [-0.15, -0.1) is 0 Å². The number of ketones is 1. The molecule has 8 rings (SSSR count). The number of hydrogen-bond acceptors (Lipinski definition) is 15. The van der Waals surface area contributed by atoms with Gasteiger partial charge in [0.1, 0.15) is 11.6 Å². The highest BCUT2D eigenvalue weighted by atomic mass is 32.1. The Bertz CT molecular complexity index is 3050. The predicted molar refractivity (Wildman–Crippen MR) is 297 cm³/mol. The number of isothiocyanates is 1. The van der Waals surface area contributed by atoms with Crippen LogP contribution in [-0.2, 0) is 39.5 Å². The molecule has 0 bridgehead atoms. The van der Waals surface area contributed by atoms with E-state index in [1.54, 1.807) is 84.9 Å². The maximum absolute atomic E-state index is 14.7. The van der Waals surface area contributed by atoms with Crippen molar-refractivity contribution >= 4 is 70.0 Å². The molecule has 0 aromatic heterocycles.